The fourth-order valence-corrected chi connectivity index (χ4v) is 2.05. The molecule has 94 valence electrons. The molecule has 2 aromatic rings. The fraction of sp³-hybridized carbons (Fsp3) is 0.143. The number of benzene rings is 2. The lowest BCUT2D eigenvalue weighted by Crippen LogP contribution is -2.06. The smallest absolute Gasteiger partial charge is 0.126 e. The molecule has 0 bridgehead atoms. The van der Waals surface area contributed by atoms with Crippen molar-refractivity contribution < 1.29 is 9.50 Å². The molecule has 2 aromatic carbocycles. The van der Waals surface area contributed by atoms with Crippen LogP contribution in [0.15, 0.2) is 36.4 Å². The van der Waals surface area contributed by atoms with Crippen LogP contribution in [0.3, 0.4) is 0 Å². The van der Waals surface area contributed by atoms with Crippen molar-refractivity contribution in [3.05, 3.63) is 63.9 Å². The second-order valence-corrected chi connectivity index (χ2v) is 4.57. The van der Waals surface area contributed by atoms with Crippen LogP contribution in [0.1, 0.15) is 22.8 Å². The van der Waals surface area contributed by atoms with Gasteiger partial charge in [-0.25, -0.2) is 4.39 Å². The third-order valence-corrected chi connectivity index (χ3v) is 3.18. The summed E-state index contributed by atoms with van der Waals surface area (Å²) in [4.78, 5) is 0. The molecule has 0 heterocycles. The van der Waals surface area contributed by atoms with E-state index in [1.165, 1.54) is 6.07 Å². The minimum absolute atomic E-state index is 0.354. The molecule has 1 atom stereocenters. The number of rotatable bonds is 2. The predicted octanol–water partition coefficient (Wildman–Crippen LogP) is 3.45. The van der Waals surface area contributed by atoms with E-state index in [-0.39, 0.29) is 5.82 Å². The number of aliphatic hydroxyl groups is 1. The Kier molecular flexibility index (Phi) is 3.55. The number of anilines is 1. The molecule has 0 unspecified atom stereocenters. The molecule has 0 fully saturated rings. The van der Waals surface area contributed by atoms with Crippen molar-refractivity contribution in [1.29, 1.82) is 0 Å². The lowest BCUT2D eigenvalue weighted by Gasteiger charge is -2.16. The SMILES string of the molecule is Cc1c(F)cccc1[C@@H](O)c1cc(Cl)ccc1N. The van der Waals surface area contributed by atoms with Crippen LogP contribution in [-0.2, 0) is 0 Å². The zero-order valence-electron chi connectivity index (χ0n) is 9.82. The molecule has 2 nitrogen and oxygen atoms in total. The van der Waals surface area contributed by atoms with Gasteiger partial charge in [0.1, 0.15) is 11.9 Å². The second-order valence-electron chi connectivity index (χ2n) is 4.13. The van der Waals surface area contributed by atoms with E-state index in [1.807, 2.05) is 0 Å². The molecule has 18 heavy (non-hydrogen) atoms. The molecular weight excluding hydrogens is 253 g/mol. The summed E-state index contributed by atoms with van der Waals surface area (Å²) < 4.78 is 13.5. The predicted molar refractivity (Wildman–Crippen MR) is 71.1 cm³/mol. The van der Waals surface area contributed by atoms with Gasteiger partial charge in [-0.2, -0.15) is 0 Å². The van der Waals surface area contributed by atoms with Crippen LogP contribution >= 0.6 is 11.6 Å². The third-order valence-electron chi connectivity index (χ3n) is 2.95. The van der Waals surface area contributed by atoms with Crippen LogP contribution in [0.4, 0.5) is 10.1 Å². The van der Waals surface area contributed by atoms with Crippen molar-refractivity contribution in [2.45, 2.75) is 13.0 Å². The zero-order valence-corrected chi connectivity index (χ0v) is 10.6. The molecule has 0 saturated carbocycles. The minimum atomic E-state index is -0.987. The van der Waals surface area contributed by atoms with Crippen LogP contribution in [0.25, 0.3) is 0 Å². The summed E-state index contributed by atoms with van der Waals surface area (Å²) in [5.74, 6) is -0.354. The average molecular weight is 266 g/mol. The summed E-state index contributed by atoms with van der Waals surface area (Å²) in [7, 11) is 0. The van der Waals surface area contributed by atoms with Gasteiger partial charge >= 0.3 is 0 Å². The number of aliphatic hydroxyl groups excluding tert-OH is 1. The van der Waals surface area contributed by atoms with Crippen molar-refractivity contribution in [3.8, 4) is 0 Å². The Morgan fingerprint density at radius 3 is 2.67 bits per heavy atom. The topological polar surface area (TPSA) is 46.2 Å². The van der Waals surface area contributed by atoms with Crippen LogP contribution in [0, 0.1) is 12.7 Å². The highest BCUT2D eigenvalue weighted by atomic mass is 35.5. The maximum atomic E-state index is 13.5. The monoisotopic (exact) mass is 265 g/mol. The summed E-state index contributed by atoms with van der Waals surface area (Å²) in [6.45, 7) is 1.62. The van der Waals surface area contributed by atoms with E-state index in [4.69, 9.17) is 17.3 Å². The number of nitrogens with two attached hydrogens (primary N) is 1. The van der Waals surface area contributed by atoms with Crippen molar-refractivity contribution in [2.75, 3.05) is 5.73 Å². The summed E-state index contributed by atoms with van der Waals surface area (Å²) in [5, 5.41) is 10.8. The highest BCUT2D eigenvalue weighted by Crippen LogP contribution is 2.31. The van der Waals surface area contributed by atoms with Gasteiger partial charge in [-0.05, 0) is 42.3 Å². The molecule has 0 aromatic heterocycles. The Morgan fingerprint density at radius 2 is 1.94 bits per heavy atom. The first-order chi connectivity index (χ1) is 8.50. The average Bonchev–Trinajstić information content (AvgIpc) is 2.35. The standard InChI is InChI=1S/C14H13ClFNO/c1-8-10(3-2-4-12(8)16)14(18)11-7-9(15)5-6-13(11)17/h2-7,14,18H,17H2,1H3/t14-/m1/s1. The summed E-state index contributed by atoms with van der Waals surface area (Å²) in [6, 6.07) is 9.44. The highest BCUT2D eigenvalue weighted by molar-refractivity contribution is 6.30. The normalized spacial score (nSPS) is 12.4. The number of nitrogen functional groups attached to an aromatic ring is 1. The summed E-state index contributed by atoms with van der Waals surface area (Å²) in [6.07, 6.45) is -0.987. The Morgan fingerprint density at radius 1 is 1.22 bits per heavy atom. The van der Waals surface area contributed by atoms with Crippen LogP contribution < -0.4 is 5.73 Å². The zero-order chi connectivity index (χ0) is 13.3. The van der Waals surface area contributed by atoms with Gasteiger partial charge in [-0.15, -0.1) is 0 Å². The number of halogens is 2. The van der Waals surface area contributed by atoms with Gasteiger partial charge in [-0.3, -0.25) is 0 Å². The highest BCUT2D eigenvalue weighted by Gasteiger charge is 2.17. The van der Waals surface area contributed by atoms with Gasteiger partial charge in [0.2, 0.25) is 0 Å². The van der Waals surface area contributed by atoms with Gasteiger partial charge in [0, 0.05) is 16.3 Å². The summed E-state index contributed by atoms with van der Waals surface area (Å²) in [5.41, 5.74) is 7.61. The van der Waals surface area contributed by atoms with Gasteiger partial charge in [0.05, 0.1) is 0 Å². The van der Waals surface area contributed by atoms with Crippen LogP contribution in [0.2, 0.25) is 5.02 Å². The molecular formula is C14H13ClFNO. The van der Waals surface area contributed by atoms with Gasteiger partial charge in [-0.1, -0.05) is 23.7 Å². The molecule has 0 saturated heterocycles. The molecule has 3 N–H and O–H groups in total. The lowest BCUT2D eigenvalue weighted by atomic mass is 9.96. The van der Waals surface area contributed by atoms with Gasteiger partial charge < -0.3 is 10.8 Å². The number of hydrogen-bond acceptors (Lipinski definition) is 2. The van der Waals surface area contributed by atoms with E-state index < -0.39 is 6.10 Å². The largest absolute Gasteiger partial charge is 0.398 e. The first-order valence-electron chi connectivity index (χ1n) is 5.48. The van der Waals surface area contributed by atoms with E-state index in [1.54, 1.807) is 37.3 Å². The molecule has 4 heteroatoms. The molecule has 0 amide bonds. The first kappa shape index (κ1) is 12.9. The van der Waals surface area contributed by atoms with Crippen molar-refractivity contribution in [1.82, 2.24) is 0 Å². The first-order valence-corrected chi connectivity index (χ1v) is 5.86. The molecule has 0 spiro atoms. The van der Waals surface area contributed by atoms with Crippen molar-refractivity contribution >= 4 is 17.3 Å². The van der Waals surface area contributed by atoms with E-state index in [0.29, 0.717) is 27.4 Å². The molecule has 0 radical (unpaired) electrons. The quantitative estimate of drug-likeness (QED) is 0.817. The summed E-state index contributed by atoms with van der Waals surface area (Å²) >= 11 is 5.88. The van der Waals surface area contributed by atoms with E-state index in [9.17, 15) is 9.50 Å². The maximum absolute atomic E-state index is 13.5. The molecule has 0 aliphatic heterocycles. The van der Waals surface area contributed by atoms with Crippen LogP contribution in [0.5, 0.6) is 0 Å². The van der Waals surface area contributed by atoms with Crippen molar-refractivity contribution in [3.63, 3.8) is 0 Å². The Balaban J connectivity index is 2.51. The Hall–Kier alpha value is -1.58. The molecule has 0 aliphatic carbocycles. The van der Waals surface area contributed by atoms with Crippen LogP contribution in [-0.4, -0.2) is 5.11 Å². The maximum Gasteiger partial charge on any atom is 0.126 e. The number of hydrogen-bond donors (Lipinski definition) is 2. The van der Waals surface area contributed by atoms with E-state index in [0.717, 1.165) is 0 Å². The minimum Gasteiger partial charge on any atom is -0.398 e. The lowest BCUT2D eigenvalue weighted by molar-refractivity contribution is 0.219. The van der Waals surface area contributed by atoms with E-state index in [2.05, 4.69) is 0 Å². The fourth-order valence-electron chi connectivity index (χ4n) is 1.87. The Bertz CT molecular complexity index is 584. The third kappa shape index (κ3) is 2.33. The van der Waals surface area contributed by atoms with Gasteiger partial charge in [0.25, 0.3) is 0 Å². The molecule has 0 aliphatic rings. The Labute approximate surface area is 110 Å². The molecule has 2 rings (SSSR count). The van der Waals surface area contributed by atoms with Gasteiger partial charge in [0.15, 0.2) is 0 Å². The van der Waals surface area contributed by atoms with Crippen molar-refractivity contribution in [2.24, 2.45) is 0 Å². The second kappa shape index (κ2) is 4.96. The van der Waals surface area contributed by atoms with E-state index >= 15 is 0 Å².